The smallest absolute Gasteiger partial charge is 0.349 e. The number of hydrogen-bond acceptors (Lipinski definition) is 5. The van der Waals surface area contributed by atoms with E-state index in [1.54, 1.807) is 10.8 Å². The van der Waals surface area contributed by atoms with Crippen LogP contribution in [-0.4, -0.2) is 39.2 Å². The van der Waals surface area contributed by atoms with Crippen LogP contribution in [0.2, 0.25) is 0 Å². The first-order valence-corrected chi connectivity index (χ1v) is 11.2. The number of carbonyl (C=O) groups is 1. The van der Waals surface area contributed by atoms with Gasteiger partial charge in [0.2, 0.25) is 5.91 Å². The molecule has 1 amide bonds. The van der Waals surface area contributed by atoms with Gasteiger partial charge in [0, 0.05) is 24.3 Å². The Hall–Kier alpha value is -2.02. The Morgan fingerprint density at radius 3 is 2.82 bits per heavy atom. The number of fused-ring (bicyclic) bond motifs is 1. The first kappa shape index (κ1) is 19.3. The fourth-order valence-corrected chi connectivity index (χ4v) is 5.05. The van der Waals surface area contributed by atoms with Gasteiger partial charge in [-0.3, -0.25) is 9.36 Å². The zero-order chi connectivity index (χ0) is 19.5. The van der Waals surface area contributed by atoms with Crippen molar-refractivity contribution in [3.05, 3.63) is 45.9 Å². The maximum atomic E-state index is 12.7. The van der Waals surface area contributed by atoms with E-state index in [1.807, 2.05) is 17.0 Å². The van der Waals surface area contributed by atoms with Crippen molar-refractivity contribution >= 4 is 17.7 Å². The van der Waals surface area contributed by atoms with Gasteiger partial charge in [-0.05, 0) is 56.6 Å². The van der Waals surface area contributed by atoms with Gasteiger partial charge in [-0.15, -0.1) is 0 Å². The predicted molar refractivity (Wildman–Crippen MR) is 109 cm³/mol. The van der Waals surface area contributed by atoms with Crippen molar-refractivity contribution in [2.45, 2.75) is 57.0 Å². The molecule has 1 aliphatic heterocycles. The van der Waals surface area contributed by atoms with Crippen molar-refractivity contribution in [2.75, 3.05) is 18.8 Å². The van der Waals surface area contributed by atoms with Gasteiger partial charge in [-0.2, -0.15) is 4.98 Å². The molecule has 0 bridgehead atoms. The average Bonchev–Trinajstić information content (AvgIpc) is 3.22. The molecule has 4 rings (SSSR count). The molecular formula is C21H27N3O3S. The van der Waals surface area contributed by atoms with Crippen molar-refractivity contribution in [3.63, 3.8) is 0 Å². The molecule has 1 fully saturated rings. The molecule has 1 saturated heterocycles. The second-order valence-electron chi connectivity index (χ2n) is 7.85. The number of likely N-dealkylation sites (tertiary alicyclic amines) is 1. The van der Waals surface area contributed by atoms with Gasteiger partial charge in [0.25, 0.3) is 0 Å². The molecule has 6 nitrogen and oxygen atoms in total. The number of furan rings is 1. The second-order valence-corrected chi connectivity index (χ2v) is 8.81. The minimum atomic E-state index is -0.251. The molecule has 150 valence electrons. The summed E-state index contributed by atoms with van der Waals surface area (Å²) < 4.78 is 7.17. The summed E-state index contributed by atoms with van der Waals surface area (Å²) in [4.78, 5) is 31.6. The minimum absolute atomic E-state index is 0.156. The number of aromatic nitrogens is 2. The van der Waals surface area contributed by atoms with Crippen LogP contribution in [0.25, 0.3) is 0 Å². The fraction of sp³-hybridized carbons (Fsp3) is 0.571. The molecule has 2 aromatic heterocycles. The molecule has 2 aliphatic rings. The molecule has 1 aliphatic carbocycles. The van der Waals surface area contributed by atoms with E-state index in [9.17, 15) is 9.59 Å². The van der Waals surface area contributed by atoms with Crippen LogP contribution in [0, 0.1) is 5.92 Å². The molecule has 0 unspecified atom stereocenters. The van der Waals surface area contributed by atoms with Crippen LogP contribution in [0.3, 0.4) is 0 Å². The Morgan fingerprint density at radius 1 is 1.29 bits per heavy atom. The van der Waals surface area contributed by atoms with Gasteiger partial charge in [0.1, 0.15) is 10.8 Å². The van der Waals surface area contributed by atoms with Gasteiger partial charge in [-0.25, -0.2) is 4.79 Å². The maximum absolute atomic E-state index is 12.7. The molecule has 0 saturated carbocycles. The number of piperidine rings is 1. The largest absolute Gasteiger partial charge is 0.467 e. The Labute approximate surface area is 169 Å². The number of nitrogens with zero attached hydrogens (tertiary/aromatic N) is 3. The molecule has 0 spiro atoms. The summed E-state index contributed by atoms with van der Waals surface area (Å²) in [7, 11) is 0. The summed E-state index contributed by atoms with van der Waals surface area (Å²) in [6.07, 6.45) is 7.73. The van der Waals surface area contributed by atoms with E-state index < -0.39 is 0 Å². The Kier molecular flexibility index (Phi) is 5.90. The van der Waals surface area contributed by atoms with Crippen LogP contribution in [0.5, 0.6) is 0 Å². The number of amides is 1. The predicted octanol–water partition coefficient (Wildman–Crippen LogP) is 3.11. The molecule has 0 N–H and O–H groups in total. The molecular weight excluding hydrogens is 374 g/mol. The van der Waals surface area contributed by atoms with Crippen molar-refractivity contribution in [2.24, 2.45) is 5.92 Å². The monoisotopic (exact) mass is 401 g/mol. The summed E-state index contributed by atoms with van der Waals surface area (Å²) in [6.45, 7) is 4.34. The molecule has 3 heterocycles. The van der Waals surface area contributed by atoms with Crippen LogP contribution in [0.4, 0.5) is 0 Å². The number of rotatable bonds is 5. The van der Waals surface area contributed by atoms with E-state index in [0.29, 0.717) is 18.2 Å². The van der Waals surface area contributed by atoms with E-state index in [0.717, 1.165) is 73.7 Å². The average molecular weight is 402 g/mol. The van der Waals surface area contributed by atoms with E-state index in [2.05, 4.69) is 11.9 Å². The summed E-state index contributed by atoms with van der Waals surface area (Å²) in [5, 5.41) is 0.745. The second kappa shape index (κ2) is 8.55. The van der Waals surface area contributed by atoms with Gasteiger partial charge in [-0.1, -0.05) is 18.7 Å². The Morgan fingerprint density at radius 2 is 2.07 bits per heavy atom. The number of hydrogen-bond donors (Lipinski definition) is 0. The third kappa shape index (κ3) is 4.19. The Balaban J connectivity index is 1.52. The quantitative estimate of drug-likeness (QED) is 0.569. The van der Waals surface area contributed by atoms with E-state index in [4.69, 9.17) is 4.42 Å². The standard InChI is InChI=1S/C21H27N3O3S/c1-15-8-10-23(11-9-15)19(25)14-28-20-17-6-2-3-7-18(17)24(21(26)22-20)13-16-5-4-12-27-16/h4-5,12,15H,2-3,6-11,13-14H2,1H3. The lowest BCUT2D eigenvalue weighted by atomic mass is 9.97. The van der Waals surface area contributed by atoms with Gasteiger partial charge < -0.3 is 9.32 Å². The van der Waals surface area contributed by atoms with Crippen LogP contribution in [0.15, 0.2) is 32.6 Å². The van der Waals surface area contributed by atoms with Gasteiger partial charge >= 0.3 is 5.69 Å². The van der Waals surface area contributed by atoms with Crippen LogP contribution in [-0.2, 0) is 24.2 Å². The topological polar surface area (TPSA) is 68.3 Å². The van der Waals surface area contributed by atoms with E-state index in [-0.39, 0.29) is 11.6 Å². The summed E-state index contributed by atoms with van der Waals surface area (Å²) in [6, 6.07) is 3.71. The van der Waals surface area contributed by atoms with Crippen LogP contribution < -0.4 is 5.69 Å². The highest BCUT2D eigenvalue weighted by Gasteiger charge is 2.24. The Bertz CT molecular complexity index is 883. The highest BCUT2D eigenvalue weighted by atomic mass is 32.2. The fourth-order valence-electron chi connectivity index (χ4n) is 4.07. The molecule has 0 atom stereocenters. The summed E-state index contributed by atoms with van der Waals surface area (Å²) >= 11 is 1.43. The van der Waals surface area contributed by atoms with Crippen LogP contribution in [0.1, 0.15) is 49.6 Å². The van der Waals surface area contributed by atoms with Crippen molar-refractivity contribution in [1.82, 2.24) is 14.5 Å². The number of carbonyl (C=O) groups excluding carboxylic acids is 1. The van der Waals surface area contributed by atoms with E-state index >= 15 is 0 Å². The third-order valence-electron chi connectivity index (χ3n) is 5.81. The highest BCUT2D eigenvalue weighted by molar-refractivity contribution is 7.99. The number of thioether (sulfide) groups is 1. The maximum Gasteiger partial charge on any atom is 0.349 e. The SMILES string of the molecule is CC1CCN(C(=O)CSc2nc(=O)n(Cc3ccco3)c3c2CCCC3)CC1. The van der Waals surface area contributed by atoms with Gasteiger partial charge in [0.15, 0.2) is 0 Å². The first-order chi connectivity index (χ1) is 13.6. The lowest BCUT2D eigenvalue weighted by molar-refractivity contribution is -0.129. The molecule has 28 heavy (non-hydrogen) atoms. The molecule has 7 heteroatoms. The zero-order valence-corrected chi connectivity index (χ0v) is 17.2. The van der Waals surface area contributed by atoms with Crippen molar-refractivity contribution < 1.29 is 9.21 Å². The first-order valence-electron chi connectivity index (χ1n) is 10.2. The zero-order valence-electron chi connectivity index (χ0n) is 16.4. The van der Waals surface area contributed by atoms with E-state index in [1.165, 1.54) is 11.8 Å². The van der Waals surface area contributed by atoms with Gasteiger partial charge in [0.05, 0.1) is 18.6 Å². The summed E-state index contributed by atoms with van der Waals surface area (Å²) in [5.41, 5.74) is 1.95. The molecule has 0 aromatic carbocycles. The third-order valence-corrected chi connectivity index (χ3v) is 6.82. The molecule has 2 aromatic rings. The highest BCUT2D eigenvalue weighted by Crippen LogP contribution is 2.29. The lowest BCUT2D eigenvalue weighted by Crippen LogP contribution is -2.39. The van der Waals surface area contributed by atoms with Crippen molar-refractivity contribution in [1.29, 1.82) is 0 Å². The van der Waals surface area contributed by atoms with Crippen LogP contribution >= 0.6 is 11.8 Å². The minimum Gasteiger partial charge on any atom is -0.467 e. The summed E-state index contributed by atoms with van der Waals surface area (Å²) in [5.74, 6) is 1.97. The normalized spacial score (nSPS) is 17.5. The molecule has 0 radical (unpaired) electrons. The lowest BCUT2D eigenvalue weighted by Gasteiger charge is -2.30. The van der Waals surface area contributed by atoms with Crippen molar-refractivity contribution in [3.8, 4) is 0 Å².